The van der Waals surface area contributed by atoms with Crippen molar-refractivity contribution in [3.63, 3.8) is 0 Å². The molecule has 1 atom stereocenters. The number of aromatic nitrogens is 3. The third-order valence-electron chi connectivity index (χ3n) is 5.90. The summed E-state index contributed by atoms with van der Waals surface area (Å²) in [4.78, 5) is 33.6. The molecule has 10 heteroatoms. The average Bonchev–Trinajstić information content (AvgIpc) is 3.49. The van der Waals surface area contributed by atoms with Crippen LogP contribution in [0.3, 0.4) is 0 Å². The smallest absolute Gasteiger partial charge is 0.270 e. The molecule has 5 rings (SSSR count). The van der Waals surface area contributed by atoms with Crippen LogP contribution in [-0.2, 0) is 19.5 Å². The molecular weight excluding hydrogens is 450 g/mol. The molecule has 5 N–H and O–H groups in total. The molecule has 2 aromatic carbocycles. The van der Waals surface area contributed by atoms with Gasteiger partial charge in [0.2, 0.25) is 0 Å². The molecule has 0 saturated heterocycles. The molecule has 1 aliphatic carbocycles. The van der Waals surface area contributed by atoms with Gasteiger partial charge in [-0.05, 0) is 52.7 Å². The molecule has 34 heavy (non-hydrogen) atoms. The van der Waals surface area contributed by atoms with Crippen LogP contribution in [0.4, 0.5) is 0 Å². The topological polar surface area (TPSA) is 135 Å². The van der Waals surface area contributed by atoms with Crippen LogP contribution in [0, 0.1) is 0 Å². The lowest BCUT2D eigenvalue weighted by Crippen LogP contribution is -2.29. The van der Waals surface area contributed by atoms with E-state index in [2.05, 4.69) is 36.5 Å². The number of carbonyl (C=O) groups is 2. The zero-order chi connectivity index (χ0) is 23.5. The second kappa shape index (κ2) is 9.64. The first kappa shape index (κ1) is 22.1. The van der Waals surface area contributed by atoms with Gasteiger partial charge in [-0.2, -0.15) is 4.37 Å². The molecule has 0 spiro atoms. The third kappa shape index (κ3) is 4.65. The first-order chi connectivity index (χ1) is 16.6. The molecule has 0 saturated carbocycles. The molecule has 0 aliphatic heterocycles. The summed E-state index contributed by atoms with van der Waals surface area (Å²) in [6, 6.07) is 13.4. The fourth-order valence-corrected chi connectivity index (χ4v) is 4.88. The lowest BCUT2D eigenvalue weighted by Gasteiger charge is -2.14. The number of hydrogen-bond acceptors (Lipinski definition) is 8. The average molecular weight is 474 g/mol. The molecular formula is C24H23N7O2S. The maximum absolute atomic E-state index is 12.9. The number of aryl methyl sites for hydroxylation is 1. The van der Waals surface area contributed by atoms with E-state index in [1.54, 1.807) is 0 Å². The summed E-state index contributed by atoms with van der Waals surface area (Å²) in [6.07, 6.45) is 4.74. The molecule has 172 valence electrons. The predicted octanol–water partition coefficient (Wildman–Crippen LogP) is 2.40. The van der Waals surface area contributed by atoms with Crippen LogP contribution in [0.25, 0.3) is 10.1 Å². The molecule has 9 nitrogen and oxygen atoms in total. The van der Waals surface area contributed by atoms with Crippen molar-refractivity contribution in [2.45, 2.75) is 32.0 Å². The number of nitrogens with zero attached hydrogens (tertiary/aromatic N) is 3. The minimum atomic E-state index is -0.367. The Morgan fingerprint density at radius 2 is 1.79 bits per heavy atom. The van der Waals surface area contributed by atoms with Crippen LogP contribution in [-0.4, -0.2) is 26.2 Å². The van der Waals surface area contributed by atoms with Gasteiger partial charge < -0.3 is 10.6 Å². The van der Waals surface area contributed by atoms with Gasteiger partial charge in [0.05, 0.1) is 10.7 Å². The molecule has 1 aliphatic rings. The first-order valence-electron chi connectivity index (χ1n) is 10.9. The second-order valence-electron chi connectivity index (χ2n) is 8.15. The highest BCUT2D eigenvalue weighted by Crippen LogP contribution is 2.32. The van der Waals surface area contributed by atoms with Gasteiger partial charge in [0.1, 0.15) is 17.7 Å². The molecule has 2 heterocycles. The van der Waals surface area contributed by atoms with Crippen molar-refractivity contribution in [2.75, 3.05) is 0 Å². The van der Waals surface area contributed by atoms with Crippen molar-refractivity contribution in [3.05, 3.63) is 88.6 Å². The van der Waals surface area contributed by atoms with Gasteiger partial charge in [0.25, 0.3) is 11.8 Å². The maximum Gasteiger partial charge on any atom is 0.270 e. The second-order valence-corrected chi connectivity index (χ2v) is 8.98. The molecule has 1 unspecified atom stereocenters. The van der Waals surface area contributed by atoms with Crippen LogP contribution in [0.1, 0.15) is 55.7 Å². The minimum Gasteiger partial charge on any atom is -0.347 e. The number of rotatable bonds is 7. The highest BCUT2D eigenvalue weighted by Gasteiger charge is 2.25. The van der Waals surface area contributed by atoms with Gasteiger partial charge in [-0.3, -0.25) is 20.9 Å². The summed E-state index contributed by atoms with van der Waals surface area (Å²) in [7, 11) is 0. The van der Waals surface area contributed by atoms with Crippen LogP contribution < -0.4 is 21.9 Å². The van der Waals surface area contributed by atoms with E-state index in [0.29, 0.717) is 13.1 Å². The number of amides is 2. The Labute approximate surface area is 199 Å². The largest absolute Gasteiger partial charge is 0.347 e. The van der Waals surface area contributed by atoms with Gasteiger partial charge in [-0.15, -0.1) is 0 Å². The molecule has 2 amide bonds. The zero-order valence-corrected chi connectivity index (χ0v) is 19.1. The lowest BCUT2D eigenvalue weighted by molar-refractivity contribution is 0.0931. The standard InChI is InChI=1S/C24H23N7O2S/c25-29-11-14-2-5-18-16(7-14)4-6-19(18)31-24(33)21-9-20(27-13-28-21)23(32)26-10-15-1-3-17-12-30-34-22(17)8-15/h1-3,5,7-9,12-13,19,29H,4,6,10-11,25H2,(H,26,32)(H,31,33). The highest BCUT2D eigenvalue weighted by atomic mass is 32.1. The Kier molecular flexibility index (Phi) is 6.26. The number of hydrazine groups is 1. The van der Waals surface area contributed by atoms with Crippen molar-refractivity contribution >= 4 is 33.4 Å². The molecule has 2 aromatic heterocycles. The van der Waals surface area contributed by atoms with Crippen molar-refractivity contribution in [1.29, 1.82) is 0 Å². The van der Waals surface area contributed by atoms with E-state index >= 15 is 0 Å². The van der Waals surface area contributed by atoms with Gasteiger partial charge in [0, 0.05) is 30.7 Å². The molecule has 0 fully saturated rings. The summed E-state index contributed by atoms with van der Waals surface area (Å²) in [5.74, 6) is 4.71. The Morgan fingerprint density at radius 1 is 1.00 bits per heavy atom. The van der Waals surface area contributed by atoms with Gasteiger partial charge in [0.15, 0.2) is 0 Å². The van der Waals surface area contributed by atoms with E-state index in [4.69, 9.17) is 5.84 Å². The fourth-order valence-electron chi connectivity index (χ4n) is 4.17. The summed E-state index contributed by atoms with van der Waals surface area (Å²) in [6.45, 7) is 0.939. The van der Waals surface area contributed by atoms with Gasteiger partial charge in [-0.25, -0.2) is 9.97 Å². The molecule has 4 aromatic rings. The maximum atomic E-state index is 12.9. The Hall–Kier alpha value is -3.73. The summed E-state index contributed by atoms with van der Waals surface area (Å²) < 4.78 is 5.23. The van der Waals surface area contributed by atoms with E-state index in [1.165, 1.54) is 29.5 Å². The van der Waals surface area contributed by atoms with Crippen molar-refractivity contribution in [1.82, 2.24) is 30.4 Å². The fraction of sp³-hybridized carbons (Fsp3) is 0.208. The number of benzene rings is 2. The Bertz CT molecular complexity index is 1370. The SMILES string of the molecule is NNCc1ccc2c(c1)CCC2NC(=O)c1cc(C(=O)NCc2ccc3cnsc3c2)ncn1. The number of hydrogen-bond donors (Lipinski definition) is 4. The van der Waals surface area contributed by atoms with Crippen LogP contribution >= 0.6 is 11.5 Å². The lowest BCUT2D eigenvalue weighted by atomic mass is 10.0. The Balaban J connectivity index is 1.23. The quantitative estimate of drug-likeness (QED) is 0.239. The van der Waals surface area contributed by atoms with E-state index in [1.807, 2.05) is 36.5 Å². The first-order valence-corrected chi connectivity index (χ1v) is 11.7. The van der Waals surface area contributed by atoms with Crippen molar-refractivity contribution < 1.29 is 9.59 Å². The number of nitrogens with two attached hydrogens (primary N) is 1. The monoisotopic (exact) mass is 473 g/mol. The van der Waals surface area contributed by atoms with Crippen molar-refractivity contribution in [3.8, 4) is 0 Å². The van der Waals surface area contributed by atoms with Gasteiger partial charge >= 0.3 is 0 Å². The number of carbonyl (C=O) groups excluding carboxylic acids is 2. The number of fused-ring (bicyclic) bond motifs is 2. The summed E-state index contributed by atoms with van der Waals surface area (Å²) in [5.41, 5.74) is 7.33. The molecule has 0 bridgehead atoms. The summed E-state index contributed by atoms with van der Waals surface area (Å²) in [5, 5.41) is 6.96. The molecule has 0 radical (unpaired) electrons. The van der Waals surface area contributed by atoms with E-state index in [-0.39, 0.29) is 29.2 Å². The minimum absolute atomic E-state index is 0.101. The predicted molar refractivity (Wildman–Crippen MR) is 129 cm³/mol. The van der Waals surface area contributed by atoms with E-state index in [9.17, 15) is 9.59 Å². The van der Waals surface area contributed by atoms with Crippen LogP contribution in [0.15, 0.2) is 55.0 Å². The number of nitrogens with one attached hydrogen (secondary N) is 3. The third-order valence-corrected chi connectivity index (χ3v) is 6.66. The normalized spacial score (nSPS) is 14.7. The van der Waals surface area contributed by atoms with E-state index < -0.39 is 0 Å². The Morgan fingerprint density at radius 3 is 2.65 bits per heavy atom. The van der Waals surface area contributed by atoms with E-state index in [0.717, 1.165) is 39.6 Å². The van der Waals surface area contributed by atoms with Crippen LogP contribution in [0.2, 0.25) is 0 Å². The van der Waals surface area contributed by atoms with Gasteiger partial charge in [-0.1, -0.05) is 30.3 Å². The highest BCUT2D eigenvalue weighted by molar-refractivity contribution is 7.13. The van der Waals surface area contributed by atoms with Crippen molar-refractivity contribution in [2.24, 2.45) is 5.84 Å². The summed E-state index contributed by atoms with van der Waals surface area (Å²) >= 11 is 1.41. The zero-order valence-electron chi connectivity index (χ0n) is 18.2. The van der Waals surface area contributed by atoms with Crippen LogP contribution in [0.5, 0.6) is 0 Å².